The van der Waals surface area contributed by atoms with Gasteiger partial charge in [0.05, 0.1) is 0 Å². The van der Waals surface area contributed by atoms with E-state index in [0.717, 1.165) is 17.3 Å². The summed E-state index contributed by atoms with van der Waals surface area (Å²) in [6.07, 6.45) is 1.08. The van der Waals surface area contributed by atoms with Crippen molar-refractivity contribution >= 4 is 0 Å². The fourth-order valence-electron chi connectivity index (χ4n) is 1.80. The molecule has 0 spiro atoms. The molecule has 0 fully saturated rings. The molecule has 0 saturated carbocycles. The Hall–Kier alpha value is -2.76. The summed E-state index contributed by atoms with van der Waals surface area (Å²) in [5.41, 5.74) is 3.95. The summed E-state index contributed by atoms with van der Waals surface area (Å²) in [7, 11) is 0. The van der Waals surface area contributed by atoms with Crippen LogP contribution in [0, 0.1) is 34.6 Å². The summed E-state index contributed by atoms with van der Waals surface area (Å²) in [5.74, 6) is 0. The molecule has 6 heteroatoms. The highest BCUT2D eigenvalue weighted by molar-refractivity contribution is 5.21. The predicted octanol–water partition coefficient (Wildman–Crippen LogP) is 5.81. The monoisotopic (exact) mass is 375 g/mol. The Morgan fingerprint density at radius 1 is 0.741 bits per heavy atom. The molecule has 0 aliphatic rings. The summed E-state index contributed by atoms with van der Waals surface area (Å²) >= 11 is 0. The van der Waals surface area contributed by atoms with Gasteiger partial charge in [-0.2, -0.15) is 13.2 Å². The van der Waals surface area contributed by atoms with Gasteiger partial charge in [0.2, 0.25) is 0 Å². The minimum atomic E-state index is -4.33. The van der Waals surface area contributed by atoms with Gasteiger partial charge in [0.15, 0.2) is 0 Å². The van der Waals surface area contributed by atoms with Gasteiger partial charge >= 0.3 is 6.18 Å². The largest absolute Gasteiger partial charge is 0.433 e. The lowest BCUT2D eigenvalue weighted by Crippen LogP contribution is -2.08. The second kappa shape index (κ2) is 10.4. The van der Waals surface area contributed by atoms with Crippen molar-refractivity contribution in [2.75, 3.05) is 0 Å². The molecule has 3 aromatic rings. The van der Waals surface area contributed by atoms with Gasteiger partial charge in [-0.1, -0.05) is 18.2 Å². The Balaban J connectivity index is 0.000000212. The van der Waals surface area contributed by atoms with E-state index in [-0.39, 0.29) is 0 Å². The van der Waals surface area contributed by atoms with Gasteiger partial charge < -0.3 is 0 Å². The van der Waals surface area contributed by atoms with Gasteiger partial charge in [-0.3, -0.25) is 9.97 Å². The van der Waals surface area contributed by atoms with Crippen molar-refractivity contribution in [1.29, 1.82) is 0 Å². The number of rotatable bonds is 0. The van der Waals surface area contributed by atoms with Crippen molar-refractivity contribution < 1.29 is 13.2 Å². The average Bonchev–Trinajstić information content (AvgIpc) is 2.61. The standard InChI is InChI=1S/C8H8F3N.C7H9N.C6H7N/c1-5-3-4-7(8(9,10)11)12-6(5)2;1-6-4-3-5-8-7(6)2;1-6-3-2-4-7-5-6/h3-4H,1-2H3;3-5H,1-2H3;2-5H,1H3. The van der Waals surface area contributed by atoms with Crippen LogP contribution in [-0.4, -0.2) is 15.0 Å². The fourth-order valence-corrected chi connectivity index (χ4v) is 1.80. The van der Waals surface area contributed by atoms with Gasteiger partial charge in [0.25, 0.3) is 0 Å². The zero-order chi connectivity index (χ0) is 20.4. The van der Waals surface area contributed by atoms with Crippen LogP contribution in [0.15, 0.2) is 55.0 Å². The maximum Gasteiger partial charge on any atom is 0.433 e. The zero-order valence-corrected chi connectivity index (χ0v) is 16.2. The molecule has 3 heterocycles. The second-order valence-electron chi connectivity index (χ2n) is 6.03. The van der Waals surface area contributed by atoms with Gasteiger partial charge in [0.1, 0.15) is 5.69 Å². The molecule has 0 aromatic carbocycles. The summed E-state index contributed by atoms with van der Waals surface area (Å²) < 4.78 is 36.1. The molecule has 3 aromatic heterocycles. The fraction of sp³-hybridized carbons (Fsp3) is 0.286. The molecule has 144 valence electrons. The smallest absolute Gasteiger partial charge is 0.264 e. The Morgan fingerprint density at radius 2 is 1.37 bits per heavy atom. The lowest BCUT2D eigenvalue weighted by molar-refractivity contribution is -0.141. The molecular formula is C21H24F3N3. The lowest BCUT2D eigenvalue weighted by Gasteiger charge is -2.06. The number of hydrogen-bond donors (Lipinski definition) is 0. The number of aryl methyl sites for hydroxylation is 5. The van der Waals surface area contributed by atoms with E-state index in [9.17, 15) is 13.2 Å². The summed E-state index contributed by atoms with van der Waals surface area (Å²) in [5, 5.41) is 0. The van der Waals surface area contributed by atoms with E-state index in [1.165, 1.54) is 17.2 Å². The normalized spacial score (nSPS) is 10.2. The third-order valence-electron chi connectivity index (χ3n) is 3.72. The average molecular weight is 375 g/mol. The van der Waals surface area contributed by atoms with Crippen molar-refractivity contribution in [3.05, 3.63) is 88.8 Å². The molecule has 3 rings (SSSR count). The summed E-state index contributed by atoms with van der Waals surface area (Å²) in [6.45, 7) is 9.37. The topological polar surface area (TPSA) is 38.7 Å². The highest BCUT2D eigenvalue weighted by Crippen LogP contribution is 2.27. The van der Waals surface area contributed by atoms with E-state index >= 15 is 0 Å². The van der Waals surface area contributed by atoms with E-state index in [1.807, 2.05) is 44.4 Å². The third kappa shape index (κ3) is 8.44. The summed E-state index contributed by atoms with van der Waals surface area (Å²) in [4.78, 5) is 11.4. The second-order valence-corrected chi connectivity index (χ2v) is 6.03. The first-order valence-corrected chi connectivity index (χ1v) is 8.37. The third-order valence-corrected chi connectivity index (χ3v) is 3.72. The highest BCUT2D eigenvalue weighted by atomic mass is 19.4. The van der Waals surface area contributed by atoms with Crippen LogP contribution in [0.3, 0.4) is 0 Å². The van der Waals surface area contributed by atoms with Crippen LogP contribution in [0.4, 0.5) is 13.2 Å². The molecule has 27 heavy (non-hydrogen) atoms. The van der Waals surface area contributed by atoms with E-state index in [0.29, 0.717) is 5.69 Å². The molecule has 0 radical (unpaired) electrons. The van der Waals surface area contributed by atoms with Crippen molar-refractivity contribution in [2.45, 2.75) is 40.8 Å². The number of pyridine rings is 3. The molecule has 3 nitrogen and oxygen atoms in total. The summed E-state index contributed by atoms with van der Waals surface area (Å²) in [6, 6.07) is 10.4. The SMILES string of the molecule is Cc1ccc(C(F)(F)F)nc1C.Cc1cccnc1.Cc1cccnc1C. The Morgan fingerprint density at radius 3 is 1.74 bits per heavy atom. The van der Waals surface area contributed by atoms with E-state index in [1.54, 1.807) is 20.0 Å². The number of halogens is 3. The maximum absolute atomic E-state index is 12.0. The minimum Gasteiger partial charge on any atom is -0.264 e. The molecule has 0 aliphatic carbocycles. The van der Waals surface area contributed by atoms with Crippen molar-refractivity contribution in [3.8, 4) is 0 Å². The van der Waals surface area contributed by atoms with Crippen LogP contribution in [0.1, 0.15) is 33.8 Å². The molecule has 0 unspecified atom stereocenters. The van der Waals surface area contributed by atoms with Crippen LogP contribution < -0.4 is 0 Å². The van der Waals surface area contributed by atoms with Crippen molar-refractivity contribution in [3.63, 3.8) is 0 Å². The van der Waals surface area contributed by atoms with E-state index in [4.69, 9.17) is 0 Å². The van der Waals surface area contributed by atoms with Gasteiger partial charge in [0, 0.05) is 30.0 Å². The number of hydrogen-bond acceptors (Lipinski definition) is 3. The Bertz CT molecular complexity index is 811. The molecule has 0 saturated heterocycles. The maximum atomic E-state index is 12.0. The number of alkyl halides is 3. The highest BCUT2D eigenvalue weighted by Gasteiger charge is 2.32. The van der Waals surface area contributed by atoms with Gasteiger partial charge in [-0.05, 0) is 69.5 Å². The molecular weight excluding hydrogens is 351 g/mol. The van der Waals surface area contributed by atoms with Gasteiger partial charge in [-0.15, -0.1) is 0 Å². The molecule has 0 N–H and O–H groups in total. The van der Waals surface area contributed by atoms with Crippen LogP contribution in [-0.2, 0) is 6.18 Å². The molecule has 0 bridgehead atoms. The number of aromatic nitrogens is 3. The van der Waals surface area contributed by atoms with Crippen molar-refractivity contribution in [1.82, 2.24) is 15.0 Å². The Kier molecular flexibility index (Phi) is 8.59. The van der Waals surface area contributed by atoms with E-state index in [2.05, 4.69) is 27.9 Å². The van der Waals surface area contributed by atoms with Crippen LogP contribution in [0.25, 0.3) is 0 Å². The van der Waals surface area contributed by atoms with Crippen molar-refractivity contribution in [2.24, 2.45) is 0 Å². The lowest BCUT2D eigenvalue weighted by atomic mass is 10.2. The molecule has 0 atom stereocenters. The first-order chi connectivity index (χ1) is 12.6. The van der Waals surface area contributed by atoms with E-state index < -0.39 is 11.9 Å². The Labute approximate surface area is 158 Å². The minimum absolute atomic E-state index is 0.421. The van der Waals surface area contributed by atoms with Gasteiger partial charge in [-0.25, -0.2) is 4.98 Å². The number of nitrogens with zero attached hydrogens (tertiary/aromatic N) is 3. The van der Waals surface area contributed by atoms with Crippen LogP contribution in [0.2, 0.25) is 0 Å². The first kappa shape index (κ1) is 22.3. The first-order valence-electron chi connectivity index (χ1n) is 8.37. The van der Waals surface area contributed by atoms with Crippen LogP contribution in [0.5, 0.6) is 0 Å². The van der Waals surface area contributed by atoms with Crippen LogP contribution >= 0.6 is 0 Å². The molecule has 0 amide bonds. The predicted molar refractivity (Wildman–Crippen MR) is 101 cm³/mol. The molecule has 0 aliphatic heterocycles. The quantitative estimate of drug-likeness (QED) is 0.498. The zero-order valence-electron chi connectivity index (χ0n) is 16.2.